The van der Waals surface area contributed by atoms with Gasteiger partial charge in [-0.3, -0.25) is 44.0 Å². The molecule has 0 saturated carbocycles. The van der Waals surface area contributed by atoms with Crippen LogP contribution < -0.4 is 14.7 Å². The summed E-state index contributed by atoms with van der Waals surface area (Å²) in [5.74, 6) is 4.02. The van der Waals surface area contributed by atoms with Crippen molar-refractivity contribution in [3.63, 3.8) is 0 Å². The van der Waals surface area contributed by atoms with Crippen LogP contribution in [-0.4, -0.2) is 93.5 Å². The maximum Gasteiger partial charge on any atom is 0.333 e. The van der Waals surface area contributed by atoms with Crippen LogP contribution in [0.3, 0.4) is 0 Å². The van der Waals surface area contributed by atoms with Crippen molar-refractivity contribution in [1.29, 1.82) is 0 Å². The first-order chi connectivity index (χ1) is 39.0. The van der Waals surface area contributed by atoms with Crippen LogP contribution in [0.25, 0.3) is 17.5 Å². The molecule has 0 N–H and O–H groups in total. The van der Waals surface area contributed by atoms with Gasteiger partial charge >= 0.3 is 17.1 Å². The maximum atomic E-state index is 11.8. The Morgan fingerprint density at radius 1 is 0.432 bits per heavy atom. The number of hydrogen-bond donors (Lipinski definition) is 0. The van der Waals surface area contributed by atoms with Crippen LogP contribution in [0, 0.1) is 71.9 Å². The average molecular weight is 1100 g/mol. The van der Waals surface area contributed by atoms with Gasteiger partial charge in [-0.15, -0.1) is 0 Å². The van der Waals surface area contributed by atoms with Gasteiger partial charge in [0.15, 0.2) is 0 Å². The smallest absolute Gasteiger partial charge is 0.333 e. The van der Waals surface area contributed by atoms with Gasteiger partial charge in [-0.05, 0) is 71.1 Å². The molecule has 420 valence electrons. The third kappa shape index (κ3) is 14.8. The number of nitrogens with zero attached hydrogens (tertiary/aromatic N) is 18. The highest BCUT2D eigenvalue weighted by atomic mass is 16.6. The number of unbranched alkanes of at least 4 members (excludes halogenated alkanes) is 2. The first kappa shape index (κ1) is 58.8. The minimum atomic E-state index is -0.445. The normalized spacial score (nSPS) is 10.8. The van der Waals surface area contributed by atoms with Crippen molar-refractivity contribution >= 4 is 34.9 Å². The van der Waals surface area contributed by atoms with Crippen LogP contribution in [0.15, 0.2) is 128 Å². The minimum absolute atomic E-state index is 0.0891. The van der Waals surface area contributed by atoms with E-state index in [1.807, 2.05) is 95.7 Å². The zero-order chi connectivity index (χ0) is 58.2. The summed E-state index contributed by atoms with van der Waals surface area (Å²) in [6.07, 6.45) is 13.9. The monoisotopic (exact) mass is 1100 g/mol. The first-order valence-corrected chi connectivity index (χ1v) is 26.4. The summed E-state index contributed by atoms with van der Waals surface area (Å²) >= 11 is 0. The molecule has 0 saturated heterocycles. The van der Waals surface area contributed by atoms with E-state index in [9.17, 15) is 30.3 Å². The summed E-state index contributed by atoms with van der Waals surface area (Å²) < 4.78 is 4.88. The largest absolute Gasteiger partial charge is 0.344 e. The van der Waals surface area contributed by atoms with Crippen LogP contribution in [0.5, 0.6) is 0 Å². The van der Waals surface area contributed by atoms with Crippen LogP contribution >= 0.6 is 0 Å². The molecule has 3 aromatic carbocycles. The lowest BCUT2D eigenvalue weighted by atomic mass is 10.2. The topological polar surface area (TPSA) is 270 Å². The van der Waals surface area contributed by atoms with E-state index < -0.39 is 14.8 Å². The molecule has 0 bridgehead atoms. The van der Waals surface area contributed by atoms with Gasteiger partial charge in [0.1, 0.15) is 34.6 Å². The lowest BCUT2D eigenvalue weighted by Crippen LogP contribution is -2.27. The van der Waals surface area contributed by atoms with E-state index >= 15 is 0 Å². The van der Waals surface area contributed by atoms with Gasteiger partial charge in [-0.1, -0.05) is 118 Å². The van der Waals surface area contributed by atoms with Crippen molar-refractivity contribution in [3.8, 4) is 17.5 Å². The lowest BCUT2D eigenvalue weighted by Gasteiger charge is -2.24. The zero-order valence-corrected chi connectivity index (χ0v) is 47.0. The molecule has 9 aromatic rings. The summed E-state index contributed by atoms with van der Waals surface area (Å²) in [5.41, 5.74) is 4.02. The Hall–Kier alpha value is -9.87. The quantitative estimate of drug-likeness (QED) is 0.0478. The van der Waals surface area contributed by atoms with Gasteiger partial charge in [-0.2, -0.15) is 15.0 Å². The molecule has 6 aromatic heterocycles. The fourth-order valence-electron chi connectivity index (χ4n) is 8.72. The number of hydrogen-bond acceptors (Lipinski definition) is 18. The van der Waals surface area contributed by atoms with E-state index in [0.29, 0.717) is 72.0 Å². The van der Waals surface area contributed by atoms with E-state index in [2.05, 4.69) is 75.7 Å². The third-order valence-corrected chi connectivity index (χ3v) is 13.0. The van der Waals surface area contributed by atoms with Gasteiger partial charge in [-0.25, -0.2) is 29.9 Å². The summed E-state index contributed by atoms with van der Waals surface area (Å²) in [4.78, 5) is 79.0. The van der Waals surface area contributed by atoms with Gasteiger partial charge in [0.25, 0.3) is 0 Å². The standard InChI is InChI=1S/C23H22N6O2.C20H24N6O2.C14H20N6O2/c1-17-21(29(30)31)22(28-14-13-24-18(28)2)26-23(25-17)27(15-19-9-5-3-6-10-19)16-20-11-7-4-8-12-20;1-4-5-12-24(14-17-9-7-6-8-10-17)20-22-15(2)18(26(27)28)19(23-20)25-13-11-21-16(25)3;1-5-6-8-18(4)14-16-10(2)12(20(21)22)13(17-14)19-9-7-15-11(19)3/h3-14H,15-16H2,1-2H3;6-11,13H,4-5,12,14H2,1-3H3;7,9H,5-6,8H2,1-4H3. The number of rotatable bonds is 21. The van der Waals surface area contributed by atoms with Crippen molar-refractivity contribution in [2.24, 2.45) is 0 Å². The Morgan fingerprint density at radius 2 is 0.741 bits per heavy atom. The molecule has 0 amide bonds. The van der Waals surface area contributed by atoms with Crippen molar-refractivity contribution < 1.29 is 14.8 Å². The molecule has 0 fully saturated rings. The summed E-state index contributed by atoms with van der Waals surface area (Å²) in [6, 6.07) is 30.1. The van der Waals surface area contributed by atoms with Crippen LogP contribution in [-0.2, 0) is 19.6 Å². The molecule has 81 heavy (non-hydrogen) atoms. The van der Waals surface area contributed by atoms with Crippen molar-refractivity contribution in [3.05, 3.63) is 210 Å². The number of aryl methyl sites for hydroxylation is 6. The molecule has 0 spiro atoms. The molecule has 0 aliphatic heterocycles. The van der Waals surface area contributed by atoms with E-state index in [1.165, 1.54) is 0 Å². The van der Waals surface area contributed by atoms with Gasteiger partial charge in [0.2, 0.25) is 35.3 Å². The first-order valence-electron chi connectivity index (χ1n) is 26.4. The summed E-state index contributed by atoms with van der Waals surface area (Å²) in [6.45, 7) is 17.9. The van der Waals surface area contributed by atoms with Crippen molar-refractivity contribution in [1.82, 2.24) is 58.6 Å². The Kier molecular flexibility index (Phi) is 20.1. The fraction of sp³-hybridized carbons (Fsp3) is 0.316. The second kappa shape index (κ2) is 27.6. The lowest BCUT2D eigenvalue weighted by molar-refractivity contribution is -0.385. The van der Waals surface area contributed by atoms with Crippen LogP contribution in [0.2, 0.25) is 0 Å². The number of aromatic nitrogens is 12. The number of imidazole rings is 3. The van der Waals surface area contributed by atoms with Gasteiger partial charge in [0.05, 0.1) is 14.8 Å². The molecule has 0 radical (unpaired) electrons. The minimum Gasteiger partial charge on any atom is -0.344 e. The second-order valence-corrected chi connectivity index (χ2v) is 19.0. The molecule has 0 unspecified atom stereocenters. The molecule has 24 nitrogen and oxygen atoms in total. The predicted octanol–water partition coefficient (Wildman–Crippen LogP) is 10.8. The summed E-state index contributed by atoms with van der Waals surface area (Å²) in [5, 5.41) is 34.8. The third-order valence-electron chi connectivity index (χ3n) is 13.0. The Labute approximate surface area is 469 Å². The zero-order valence-electron chi connectivity index (χ0n) is 47.0. The molecular weight excluding hydrogens is 1030 g/mol. The van der Waals surface area contributed by atoms with Gasteiger partial charge in [0, 0.05) is 77.0 Å². The Balaban J connectivity index is 0.000000178. The highest BCUT2D eigenvalue weighted by Gasteiger charge is 2.29. The summed E-state index contributed by atoms with van der Waals surface area (Å²) in [7, 11) is 1.89. The van der Waals surface area contributed by atoms with E-state index in [4.69, 9.17) is 0 Å². The molecule has 6 heterocycles. The Bertz CT molecular complexity index is 3510. The fourth-order valence-corrected chi connectivity index (χ4v) is 8.72. The highest BCUT2D eigenvalue weighted by Crippen LogP contribution is 2.31. The SMILES string of the molecule is CCCCN(C)c1nc(C)c([N+](=O)[O-])c(-n2ccnc2C)n1.CCCCN(Cc1ccccc1)c1nc(C)c([N+](=O)[O-])c(-n2ccnc2C)n1.Cc1nc(N(Cc2ccccc2)Cc2ccccc2)nc(-n2ccnc2C)c1[N+](=O)[O-]. The van der Waals surface area contributed by atoms with E-state index in [1.54, 1.807) is 92.4 Å². The molecular formula is C57H66N18O6. The van der Waals surface area contributed by atoms with Crippen LogP contribution in [0.4, 0.5) is 34.9 Å². The number of anilines is 3. The number of benzene rings is 3. The molecule has 9 rings (SSSR count). The van der Waals surface area contributed by atoms with Crippen molar-refractivity contribution in [2.75, 3.05) is 34.8 Å². The van der Waals surface area contributed by atoms with Gasteiger partial charge < -0.3 is 14.7 Å². The highest BCUT2D eigenvalue weighted by molar-refractivity contribution is 5.57. The van der Waals surface area contributed by atoms with Crippen LogP contribution in [0.1, 0.15) is 90.8 Å². The van der Waals surface area contributed by atoms with E-state index in [-0.39, 0.29) is 34.5 Å². The number of nitro groups is 3. The Morgan fingerprint density at radius 3 is 1.06 bits per heavy atom. The predicted molar refractivity (Wildman–Crippen MR) is 309 cm³/mol. The molecule has 0 aliphatic carbocycles. The molecule has 24 heteroatoms. The van der Waals surface area contributed by atoms with E-state index in [0.717, 1.165) is 55.5 Å². The average Bonchev–Trinajstić information content (AvgIpc) is 4.24. The van der Waals surface area contributed by atoms with Crippen molar-refractivity contribution in [2.45, 2.75) is 101 Å². The second-order valence-electron chi connectivity index (χ2n) is 19.0. The molecule has 0 aliphatic rings. The maximum absolute atomic E-state index is 11.8. The molecule has 0 atom stereocenters.